The average Bonchev–Trinajstić information content (AvgIpc) is 2.45. The van der Waals surface area contributed by atoms with Crippen LogP contribution in [-0.2, 0) is 11.3 Å². The third kappa shape index (κ3) is 3.44. The van der Waals surface area contributed by atoms with Crippen molar-refractivity contribution in [1.29, 1.82) is 5.26 Å². The van der Waals surface area contributed by atoms with Crippen LogP contribution in [-0.4, -0.2) is 0 Å². The van der Waals surface area contributed by atoms with E-state index in [1.807, 2.05) is 60.7 Å². The second-order valence-corrected chi connectivity index (χ2v) is 4.06. The summed E-state index contributed by atoms with van der Waals surface area (Å²) in [5.74, 6) is 0. The van der Waals surface area contributed by atoms with E-state index < -0.39 is 0 Å². The van der Waals surface area contributed by atoms with Crippen molar-refractivity contribution < 1.29 is 4.74 Å². The Hall–Kier alpha value is -2.11. The van der Waals surface area contributed by atoms with Gasteiger partial charge >= 0.3 is 0 Å². The van der Waals surface area contributed by atoms with Crippen LogP contribution in [0.4, 0.5) is 0 Å². The molecule has 2 aromatic rings. The van der Waals surface area contributed by atoms with Crippen molar-refractivity contribution in [3.8, 4) is 6.07 Å². The van der Waals surface area contributed by atoms with E-state index in [4.69, 9.17) is 10.00 Å². The summed E-state index contributed by atoms with van der Waals surface area (Å²) in [7, 11) is 0. The first-order valence-electron chi connectivity index (χ1n) is 5.97. The molecule has 1 atom stereocenters. The number of hydrogen-bond acceptors (Lipinski definition) is 2. The van der Waals surface area contributed by atoms with Crippen molar-refractivity contribution in [2.45, 2.75) is 19.1 Å². The van der Waals surface area contributed by atoms with E-state index in [0.717, 1.165) is 11.1 Å². The molecular formula is C16H15NO. The fourth-order valence-corrected chi connectivity index (χ4v) is 1.79. The summed E-state index contributed by atoms with van der Waals surface area (Å²) < 4.78 is 5.83. The first kappa shape index (κ1) is 12.3. The van der Waals surface area contributed by atoms with E-state index in [1.165, 1.54) is 0 Å². The maximum Gasteiger partial charge on any atom is 0.0959 e. The molecule has 0 aliphatic rings. The van der Waals surface area contributed by atoms with Crippen LogP contribution < -0.4 is 0 Å². The number of hydrogen-bond donors (Lipinski definition) is 0. The van der Waals surface area contributed by atoms with Crippen LogP contribution in [0.25, 0.3) is 0 Å². The Morgan fingerprint density at radius 3 is 2.17 bits per heavy atom. The van der Waals surface area contributed by atoms with Gasteiger partial charge in [0, 0.05) is 0 Å². The zero-order valence-electron chi connectivity index (χ0n) is 10.1. The van der Waals surface area contributed by atoms with Gasteiger partial charge in [-0.3, -0.25) is 0 Å². The van der Waals surface area contributed by atoms with Crippen molar-refractivity contribution in [2.75, 3.05) is 0 Å². The summed E-state index contributed by atoms with van der Waals surface area (Å²) in [5, 5.41) is 8.87. The molecular weight excluding hydrogens is 222 g/mol. The van der Waals surface area contributed by atoms with E-state index in [2.05, 4.69) is 6.07 Å². The van der Waals surface area contributed by atoms with Crippen molar-refractivity contribution in [3.05, 3.63) is 71.8 Å². The summed E-state index contributed by atoms with van der Waals surface area (Å²) in [6.45, 7) is 0.530. The molecule has 0 amide bonds. The molecule has 0 aliphatic carbocycles. The molecule has 0 aromatic heterocycles. The second-order valence-electron chi connectivity index (χ2n) is 4.06. The van der Waals surface area contributed by atoms with Crippen molar-refractivity contribution >= 4 is 0 Å². The molecule has 0 heterocycles. The van der Waals surface area contributed by atoms with Crippen LogP contribution in [0.1, 0.15) is 23.7 Å². The molecule has 2 heteroatoms. The molecule has 0 saturated carbocycles. The van der Waals surface area contributed by atoms with Gasteiger partial charge in [-0.05, 0) is 11.1 Å². The Morgan fingerprint density at radius 1 is 0.944 bits per heavy atom. The molecule has 2 nitrogen and oxygen atoms in total. The summed E-state index contributed by atoms with van der Waals surface area (Å²) in [5.41, 5.74) is 2.17. The third-order valence-electron chi connectivity index (χ3n) is 2.74. The summed E-state index contributed by atoms with van der Waals surface area (Å²) in [6.07, 6.45) is 0.216. The Labute approximate surface area is 107 Å². The van der Waals surface area contributed by atoms with Gasteiger partial charge in [-0.1, -0.05) is 60.7 Å². The molecule has 18 heavy (non-hydrogen) atoms. The first-order chi connectivity index (χ1) is 8.90. The van der Waals surface area contributed by atoms with Gasteiger partial charge in [0.15, 0.2) is 0 Å². The highest BCUT2D eigenvalue weighted by molar-refractivity contribution is 5.19. The average molecular weight is 237 g/mol. The molecule has 0 N–H and O–H groups in total. The van der Waals surface area contributed by atoms with E-state index in [-0.39, 0.29) is 6.10 Å². The molecule has 90 valence electrons. The highest BCUT2D eigenvalue weighted by atomic mass is 16.5. The van der Waals surface area contributed by atoms with Gasteiger partial charge in [0.05, 0.1) is 25.2 Å². The smallest absolute Gasteiger partial charge is 0.0959 e. The Balaban J connectivity index is 2.02. The van der Waals surface area contributed by atoms with Gasteiger partial charge in [-0.25, -0.2) is 0 Å². The van der Waals surface area contributed by atoms with Crippen LogP contribution >= 0.6 is 0 Å². The van der Waals surface area contributed by atoms with Crippen LogP contribution in [0.15, 0.2) is 60.7 Å². The number of ether oxygens (including phenoxy) is 1. The molecule has 1 unspecified atom stereocenters. The van der Waals surface area contributed by atoms with Crippen molar-refractivity contribution in [1.82, 2.24) is 0 Å². The standard InChI is InChI=1S/C16H15NO/c17-12-11-16(15-9-5-2-6-10-15)18-13-14-7-3-1-4-8-14/h1-10,16H,11,13H2. The largest absolute Gasteiger partial charge is 0.368 e. The van der Waals surface area contributed by atoms with E-state index >= 15 is 0 Å². The maximum atomic E-state index is 8.87. The Morgan fingerprint density at radius 2 is 1.56 bits per heavy atom. The minimum absolute atomic E-state index is 0.156. The number of rotatable bonds is 5. The summed E-state index contributed by atoms with van der Waals surface area (Å²) in [6, 6.07) is 22.1. The minimum Gasteiger partial charge on any atom is -0.368 e. The quantitative estimate of drug-likeness (QED) is 0.791. The van der Waals surface area contributed by atoms with Gasteiger partial charge < -0.3 is 4.74 Å². The lowest BCUT2D eigenvalue weighted by Crippen LogP contribution is -2.03. The fraction of sp³-hybridized carbons (Fsp3) is 0.188. The monoisotopic (exact) mass is 237 g/mol. The molecule has 2 rings (SSSR count). The van der Waals surface area contributed by atoms with Crippen LogP contribution in [0, 0.1) is 11.3 Å². The summed E-state index contributed by atoms with van der Waals surface area (Å²) >= 11 is 0. The molecule has 0 spiro atoms. The molecule has 0 fully saturated rings. The van der Waals surface area contributed by atoms with Crippen LogP contribution in [0.3, 0.4) is 0 Å². The molecule has 0 radical (unpaired) electrons. The zero-order chi connectivity index (χ0) is 12.6. The van der Waals surface area contributed by atoms with Crippen LogP contribution in [0.5, 0.6) is 0 Å². The van der Waals surface area contributed by atoms with Gasteiger partial charge in [-0.2, -0.15) is 5.26 Å². The predicted octanol–water partition coefficient (Wildman–Crippen LogP) is 3.86. The van der Waals surface area contributed by atoms with Gasteiger partial charge in [0.25, 0.3) is 0 Å². The molecule has 0 saturated heterocycles. The lowest BCUT2D eigenvalue weighted by Gasteiger charge is -2.15. The number of nitriles is 1. The Bertz CT molecular complexity index is 502. The van der Waals surface area contributed by atoms with E-state index in [0.29, 0.717) is 13.0 Å². The lowest BCUT2D eigenvalue weighted by molar-refractivity contribution is 0.0428. The first-order valence-corrected chi connectivity index (χ1v) is 5.97. The molecule has 0 aliphatic heterocycles. The lowest BCUT2D eigenvalue weighted by atomic mass is 10.1. The van der Waals surface area contributed by atoms with Gasteiger partial charge in [-0.15, -0.1) is 0 Å². The maximum absolute atomic E-state index is 8.87. The highest BCUT2D eigenvalue weighted by Crippen LogP contribution is 2.22. The minimum atomic E-state index is -0.156. The number of benzene rings is 2. The van der Waals surface area contributed by atoms with E-state index in [9.17, 15) is 0 Å². The highest BCUT2D eigenvalue weighted by Gasteiger charge is 2.11. The van der Waals surface area contributed by atoms with Crippen molar-refractivity contribution in [2.24, 2.45) is 0 Å². The molecule has 2 aromatic carbocycles. The third-order valence-corrected chi connectivity index (χ3v) is 2.74. The Kier molecular flexibility index (Phi) is 4.52. The zero-order valence-corrected chi connectivity index (χ0v) is 10.1. The summed E-state index contributed by atoms with van der Waals surface area (Å²) in [4.78, 5) is 0. The topological polar surface area (TPSA) is 33.0 Å². The SMILES string of the molecule is N#CCC(OCc1ccccc1)c1ccccc1. The van der Waals surface area contributed by atoms with Crippen molar-refractivity contribution in [3.63, 3.8) is 0 Å². The fourth-order valence-electron chi connectivity index (χ4n) is 1.79. The van der Waals surface area contributed by atoms with E-state index in [1.54, 1.807) is 0 Å². The molecule has 0 bridgehead atoms. The van der Waals surface area contributed by atoms with Gasteiger partial charge in [0.1, 0.15) is 0 Å². The second kappa shape index (κ2) is 6.58. The van der Waals surface area contributed by atoms with Crippen LogP contribution in [0.2, 0.25) is 0 Å². The number of nitrogens with zero attached hydrogens (tertiary/aromatic N) is 1. The predicted molar refractivity (Wildman–Crippen MR) is 70.6 cm³/mol. The normalized spacial score (nSPS) is 11.7. The van der Waals surface area contributed by atoms with Gasteiger partial charge in [0.2, 0.25) is 0 Å².